The summed E-state index contributed by atoms with van der Waals surface area (Å²) in [4.78, 5) is 33.7. The molecule has 0 bridgehead atoms. The summed E-state index contributed by atoms with van der Waals surface area (Å²) < 4.78 is 10.8. The summed E-state index contributed by atoms with van der Waals surface area (Å²) in [6, 6.07) is 9.22. The first-order valence-corrected chi connectivity index (χ1v) is 11.6. The highest BCUT2D eigenvalue weighted by atomic mass is 35.5. The minimum Gasteiger partial charge on any atom is -0.497 e. The molecule has 4 rings (SSSR count). The zero-order valence-corrected chi connectivity index (χ0v) is 20.4. The van der Waals surface area contributed by atoms with Gasteiger partial charge in [-0.3, -0.25) is 14.5 Å². The van der Waals surface area contributed by atoms with Crippen molar-refractivity contribution in [1.29, 1.82) is 0 Å². The predicted molar refractivity (Wildman–Crippen MR) is 132 cm³/mol. The Balaban J connectivity index is 1.45. The Morgan fingerprint density at radius 3 is 2.70 bits per heavy atom. The maximum Gasteiger partial charge on any atom is 0.244 e. The molecule has 174 valence electrons. The van der Waals surface area contributed by atoms with E-state index in [1.807, 2.05) is 36.9 Å². The van der Waals surface area contributed by atoms with Crippen molar-refractivity contribution >= 4 is 51.7 Å². The molecule has 8 nitrogen and oxygen atoms in total. The number of carbonyl (C=O) groups is 2. The van der Waals surface area contributed by atoms with Gasteiger partial charge < -0.3 is 19.7 Å². The zero-order chi connectivity index (χ0) is 23.7. The Morgan fingerprint density at radius 1 is 1.21 bits per heavy atom. The number of thioether (sulfide) groups is 1. The number of hydrogen-bond acceptors (Lipinski definition) is 7. The molecule has 2 aromatic rings. The monoisotopic (exact) mass is 488 g/mol. The van der Waals surface area contributed by atoms with Gasteiger partial charge in [0.25, 0.3) is 0 Å². The SMILES string of the molecule is COc1cc(Cl)c(OC)c(N2CN=C3SC(CC(=O)Nc4ccc(C)c(C)c4)C(=O)N3C2)c1. The fraction of sp³-hybridized carbons (Fsp3) is 0.348. The molecule has 0 spiro atoms. The lowest BCUT2D eigenvalue weighted by Gasteiger charge is -2.33. The van der Waals surface area contributed by atoms with Crippen molar-refractivity contribution < 1.29 is 19.1 Å². The van der Waals surface area contributed by atoms with Gasteiger partial charge in [0.2, 0.25) is 11.8 Å². The third kappa shape index (κ3) is 4.74. The molecule has 0 aliphatic carbocycles. The second kappa shape index (κ2) is 9.52. The quantitative estimate of drug-likeness (QED) is 0.660. The van der Waals surface area contributed by atoms with Gasteiger partial charge in [-0.05, 0) is 37.1 Å². The van der Waals surface area contributed by atoms with Crippen LogP contribution in [0.2, 0.25) is 5.02 Å². The van der Waals surface area contributed by atoms with E-state index in [2.05, 4.69) is 10.3 Å². The summed E-state index contributed by atoms with van der Waals surface area (Å²) in [6.45, 7) is 4.62. The van der Waals surface area contributed by atoms with E-state index in [1.54, 1.807) is 24.1 Å². The molecule has 0 saturated carbocycles. The molecule has 10 heteroatoms. The van der Waals surface area contributed by atoms with Crippen LogP contribution >= 0.6 is 23.4 Å². The number of amidine groups is 1. The van der Waals surface area contributed by atoms with E-state index in [0.29, 0.717) is 34.0 Å². The van der Waals surface area contributed by atoms with Gasteiger partial charge in [0.05, 0.1) is 24.9 Å². The fourth-order valence-electron chi connectivity index (χ4n) is 3.71. The van der Waals surface area contributed by atoms with E-state index in [4.69, 9.17) is 21.1 Å². The number of benzene rings is 2. The minimum atomic E-state index is -0.522. The molecule has 1 atom stereocenters. The molecule has 0 aromatic heterocycles. The van der Waals surface area contributed by atoms with Crippen LogP contribution in [0.1, 0.15) is 17.5 Å². The normalized spacial score (nSPS) is 17.5. The Kier molecular flexibility index (Phi) is 6.71. The molecule has 1 N–H and O–H groups in total. The molecule has 2 amide bonds. The number of nitrogens with one attached hydrogen (secondary N) is 1. The highest BCUT2D eigenvalue weighted by molar-refractivity contribution is 8.15. The molecule has 2 aromatic carbocycles. The Hall–Kier alpha value is -2.91. The Morgan fingerprint density at radius 2 is 2.00 bits per heavy atom. The number of fused-ring (bicyclic) bond motifs is 1. The van der Waals surface area contributed by atoms with Crippen molar-refractivity contribution in [2.45, 2.75) is 25.5 Å². The van der Waals surface area contributed by atoms with Gasteiger partial charge >= 0.3 is 0 Å². The molecule has 33 heavy (non-hydrogen) atoms. The minimum absolute atomic E-state index is 0.0697. The number of aryl methyl sites for hydroxylation is 2. The van der Waals surface area contributed by atoms with Crippen LogP contribution in [0.5, 0.6) is 11.5 Å². The highest BCUT2D eigenvalue weighted by Gasteiger charge is 2.42. The number of anilines is 2. The van der Waals surface area contributed by atoms with Crippen molar-refractivity contribution in [3.8, 4) is 11.5 Å². The maximum atomic E-state index is 13.1. The number of nitrogens with zero attached hydrogens (tertiary/aromatic N) is 3. The van der Waals surface area contributed by atoms with Crippen molar-refractivity contribution in [1.82, 2.24) is 4.90 Å². The van der Waals surface area contributed by atoms with Gasteiger partial charge in [0.15, 0.2) is 10.9 Å². The van der Waals surface area contributed by atoms with Gasteiger partial charge in [-0.25, -0.2) is 4.99 Å². The van der Waals surface area contributed by atoms with Crippen molar-refractivity contribution in [3.05, 3.63) is 46.5 Å². The smallest absolute Gasteiger partial charge is 0.244 e. The van der Waals surface area contributed by atoms with Crippen LogP contribution in [0.4, 0.5) is 11.4 Å². The first-order chi connectivity index (χ1) is 15.8. The predicted octanol–water partition coefficient (Wildman–Crippen LogP) is 4.04. The van der Waals surface area contributed by atoms with E-state index < -0.39 is 5.25 Å². The molecule has 1 unspecified atom stereocenters. The number of carbonyl (C=O) groups excluding carboxylic acids is 2. The maximum absolute atomic E-state index is 13.1. The number of hydrogen-bond donors (Lipinski definition) is 1. The summed E-state index contributed by atoms with van der Waals surface area (Å²) >= 11 is 7.66. The van der Waals surface area contributed by atoms with Crippen LogP contribution in [0, 0.1) is 13.8 Å². The van der Waals surface area contributed by atoms with Gasteiger partial charge in [-0.2, -0.15) is 0 Å². The van der Waals surface area contributed by atoms with Gasteiger partial charge in [-0.1, -0.05) is 29.4 Å². The number of halogens is 1. The van der Waals surface area contributed by atoms with Crippen LogP contribution in [0.3, 0.4) is 0 Å². The topological polar surface area (TPSA) is 83.5 Å². The molecule has 0 radical (unpaired) electrons. The van der Waals surface area contributed by atoms with E-state index in [0.717, 1.165) is 16.8 Å². The van der Waals surface area contributed by atoms with Crippen LogP contribution in [0.15, 0.2) is 35.3 Å². The average molecular weight is 489 g/mol. The van der Waals surface area contributed by atoms with Crippen LogP contribution in [0.25, 0.3) is 0 Å². The van der Waals surface area contributed by atoms with Crippen LogP contribution < -0.4 is 19.7 Å². The summed E-state index contributed by atoms with van der Waals surface area (Å²) in [6.07, 6.45) is 0.0697. The summed E-state index contributed by atoms with van der Waals surface area (Å²) in [5, 5.41) is 3.39. The largest absolute Gasteiger partial charge is 0.497 e. The molecular weight excluding hydrogens is 464 g/mol. The molecule has 1 saturated heterocycles. The van der Waals surface area contributed by atoms with Crippen molar-refractivity contribution in [2.24, 2.45) is 4.99 Å². The first kappa shape index (κ1) is 23.3. The summed E-state index contributed by atoms with van der Waals surface area (Å²) in [5.74, 6) is 0.711. The van der Waals surface area contributed by atoms with E-state index >= 15 is 0 Å². The first-order valence-electron chi connectivity index (χ1n) is 10.4. The number of aliphatic imine (C=N–C) groups is 1. The number of ether oxygens (including phenoxy) is 2. The van der Waals surface area contributed by atoms with Crippen LogP contribution in [-0.2, 0) is 9.59 Å². The van der Waals surface area contributed by atoms with Crippen LogP contribution in [-0.4, -0.2) is 54.7 Å². The lowest BCUT2D eigenvalue weighted by atomic mass is 10.1. The summed E-state index contributed by atoms with van der Waals surface area (Å²) in [7, 11) is 3.10. The second-order valence-electron chi connectivity index (χ2n) is 7.85. The molecule has 2 aliphatic heterocycles. The van der Waals surface area contributed by atoms with E-state index in [1.165, 1.54) is 18.9 Å². The molecule has 1 fully saturated rings. The molecule has 2 aliphatic rings. The zero-order valence-electron chi connectivity index (χ0n) is 18.8. The summed E-state index contributed by atoms with van der Waals surface area (Å²) in [5.41, 5.74) is 3.65. The Labute approximate surface area is 201 Å². The fourth-order valence-corrected chi connectivity index (χ4v) is 5.12. The number of methoxy groups -OCH3 is 2. The Bertz CT molecular complexity index is 1140. The van der Waals surface area contributed by atoms with Crippen molar-refractivity contribution in [2.75, 3.05) is 37.8 Å². The van der Waals surface area contributed by atoms with E-state index in [-0.39, 0.29) is 24.9 Å². The van der Waals surface area contributed by atoms with Crippen molar-refractivity contribution in [3.63, 3.8) is 0 Å². The standard InChI is InChI=1S/C23H25ClN4O4S/c1-13-5-6-15(7-14(13)2)26-20(29)10-19-22(30)28-12-27(11-25-23(28)33-19)18-9-16(31-3)8-17(24)21(18)32-4/h5-9,19H,10-12H2,1-4H3,(H,26,29). The van der Waals surface area contributed by atoms with Gasteiger partial charge in [0, 0.05) is 24.2 Å². The number of amides is 2. The number of rotatable bonds is 6. The average Bonchev–Trinajstić information content (AvgIpc) is 3.10. The highest BCUT2D eigenvalue weighted by Crippen LogP contribution is 2.41. The third-order valence-corrected chi connectivity index (χ3v) is 7.14. The van der Waals surface area contributed by atoms with E-state index in [9.17, 15) is 9.59 Å². The van der Waals surface area contributed by atoms with Gasteiger partial charge in [-0.15, -0.1) is 0 Å². The molecule has 2 heterocycles. The lowest BCUT2D eigenvalue weighted by molar-refractivity contribution is -0.128. The lowest BCUT2D eigenvalue weighted by Crippen LogP contribution is -2.46. The third-order valence-electron chi connectivity index (χ3n) is 5.65. The second-order valence-corrected chi connectivity index (χ2v) is 9.43. The van der Waals surface area contributed by atoms with Gasteiger partial charge in [0.1, 0.15) is 24.3 Å². The molecular formula is C23H25ClN4O4S.